The number of hydrogen-bond acceptors (Lipinski definition) is 8. The van der Waals surface area contributed by atoms with Crippen LogP contribution in [0.5, 0.6) is 11.5 Å². The molecule has 0 radical (unpaired) electrons. The van der Waals surface area contributed by atoms with Crippen LogP contribution in [0, 0.1) is 0 Å². The summed E-state index contributed by atoms with van der Waals surface area (Å²) in [6.07, 6.45) is 2.15. The molecule has 1 saturated carbocycles. The quantitative estimate of drug-likeness (QED) is 0.520. The van der Waals surface area contributed by atoms with Crippen molar-refractivity contribution < 1.29 is 32.3 Å². The van der Waals surface area contributed by atoms with E-state index in [4.69, 9.17) is 9.47 Å². The van der Waals surface area contributed by atoms with Crippen molar-refractivity contribution in [3.05, 3.63) is 66.4 Å². The van der Waals surface area contributed by atoms with Crippen LogP contribution >= 0.6 is 0 Å². The summed E-state index contributed by atoms with van der Waals surface area (Å²) in [6, 6.07) is 13.4. The number of ether oxygens (including phenoxy) is 2. The highest BCUT2D eigenvalue weighted by atomic mass is 32.2. The number of carbonyl (C=O) groups excluding carboxylic acids is 3. The lowest BCUT2D eigenvalue weighted by Crippen LogP contribution is -2.49. The van der Waals surface area contributed by atoms with Crippen molar-refractivity contribution in [3.63, 3.8) is 0 Å². The third-order valence-corrected chi connectivity index (χ3v) is 8.12. The number of hydrogen-bond donors (Lipinski definition) is 2. The number of amides is 1. The highest BCUT2D eigenvalue weighted by Crippen LogP contribution is 2.32. The van der Waals surface area contributed by atoms with E-state index in [9.17, 15) is 22.8 Å². The normalized spacial score (nSPS) is 21.2. The molecule has 208 valence electrons. The zero-order chi connectivity index (χ0) is 28.0. The van der Waals surface area contributed by atoms with Gasteiger partial charge in [-0.05, 0) is 37.6 Å². The second-order valence-electron chi connectivity index (χ2n) is 9.77. The molecule has 2 heterocycles. The minimum absolute atomic E-state index is 0.0407. The fraction of sp³-hybridized carbons (Fsp3) is 0.393. The Labute approximate surface area is 228 Å². The van der Waals surface area contributed by atoms with Gasteiger partial charge in [0.15, 0.2) is 17.3 Å². The molecule has 0 spiro atoms. The minimum atomic E-state index is -3.83. The van der Waals surface area contributed by atoms with E-state index in [-0.39, 0.29) is 34.8 Å². The Kier molecular flexibility index (Phi) is 9.16. The summed E-state index contributed by atoms with van der Waals surface area (Å²) in [5.74, 6) is 0.650. The topological polar surface area (TPSA) is 131 Å². The third-order valence-electron chi connectivity index (χ3n) is 6.65. The average molecular weight is 556 g/mol. The summed E-state index contributed by atoms with van der Waals surface area (Å²) in [5, 5.41) is 2.56. The monoisotopic (exact) mass is 555 g/mol. The first-order chi connectivity index (χ1) is 18.6. The number of likely N-dealkylation sites (N-methyl/N-ethyl adjacent to an activating group) is 1. The van der Waals surface area contributed by atoms with Crippen LogP contribution in [-0.4, -0.2) is 63.1 Å². The van der Waals surface area contributed by atoms with Crippen LogP contribution in [0.3, 0.4) is 0 Å². The number of allylic oxidation sites excluding steroid dienone is 1. The number of fused-ring (bicyclic) bond motifs is 1. The zero-order valence-electron chi connectivity index (χ0n) is 21.9. The maximum absolute atomic E-state index is 12.5. The van der Waals surface area contributed by atoms with Gasteiger partial charge in [0, 0.05) is 31.1 Å². The molecular weight excluding hydrogens is 522 g/mol. The van der Waals surface area contributed by atoms with Crippen LogP contribution in [0.25, 0.3) is 0 Å². The molecule has 2 fully saturated rings. The van der Waals surface area contributed by atoms with Gasteiger partial charge in [0.2, 0.25) is 15.9 Å². The summed E-state index contributed by atoms with van der Waals surface area (Å²) < 4.78 is 38.4. The molecule has 1 aliphatic carbocycles. The average Bonchev–Trinajstić information content (AvgIpc) is 3.09. The van der Waals surface area contributed by atoms with Crippen molar-refractivity contribution in [2.75, 3.05) is 20.3 Å². The molecular formula is C28H33N3O7S. The summed E-state index contributed by atoms with van der Waals surface area (Å²) >= 11 is 0. The molecule has 2 unspecified atom stereocenters. The molecule has 3 aliphatic rings. The second-order valence-corrected chi connectivity index (χ2v) is 11.5. The highest BCUT2D eigenvalue weighted by Gasteiger charge is 2.33. The number of Topliss-reactive ketones (excluding diaryl/α,β-unsaturated/α-hetero) is 2. The minimum Gasteiger partial charge on any atom is -0.490 e. The molecule has 11 heteroatoms. The van der Waals surface area contributed by atoms with Crippen molar-refractivity contribution in [2.45, 2.75) is 55.6 Å². The number of piperidine rings is 1. The van der Waals surface area contributed by atoms with Crippen LogP contribution < -0.4 is 19.5 Å². The molecule has 2 aromatic rings. The molecule has 0 bridgehead atoms. The van der Waals surface area contributed by atoms with Gasteiger partial charge in [-0.1, -0.05) is 36.9 Å². The second kappa shape index (κ2) is 12.5. The standard InChI is InChI=1S/C15H18N2O5S.C13H15NO2/c1-10-3-5-12(15(18)16-10)17-23(19,20)11-4-6-13-14(9-11)22-8-2-7-21-13;1-14(9-10-5-3-2-4-6-10)12-7-11(15)8-13(12)16/h4,6,9,12,17H,1-3,5,7-8H2,(H,16,18);2-6,12H,7-9H2,1H3. The maximum Gasteiger partial charge on any atom is 0.242 e. The zero-order valence-corrected chi connectivity index (χ0v) is 22.7. The number of rotatable bonds is 6. The van der Waals surface area contributed by atoms with E-state index >= 15 is 0 Å². The third kappa shape index (κ3) is 7.53. The van der Waals surface area contributed by atoms with Gasteiger partial charge >= 0.3 is 0 Å². The van der Waals surface area contributed by atoms with Crippen LogP contribution in [0.2, 0.25) is 0 Å². The van der Waals surface area contributed by atoms with Crippen LogP contribution in [0.15, 0.2) is 65.7 Å². The van der Waals surface area contributed by atoms with Crippen LogP contribution in [-0.2, 0) is 31.0 Å². The van der Waals surface area contributed by atoms with Gasteiger partial charge in [-0.15, -0.1) is 0 Å². The number of ketones is 2. The van der Waals surface area contributed by atoms with E-state index in [1.54, 1.807) is 6.07 Å². The predicted octanol–water partition coefficient (Wildman–Crippen LogP) is 2.34. The number of sulfonamides is 1. The molecule has 10 nitrogen and oxygen atoms in total. The fourth-order valence-corrected chi connectivity index (χ4v) is 5.79. The van der Waals surface area contributed by atoms with E-state index in [1.807, 2.05) is 42.3 Å². The van der Waals surface area contributed by atoms with E-state index in [0.29, 0.717) is 56.2 Å². The lowest BCUT2D eigenvalue weighted by atomic mass is 10.1. The van der Waals surface area contributed by atoms with Gasteiger partial charge < -0.3 is 14.8 Å². The van der Waals surface area contributed by atoms with E-state index in [2.05, 4.69) is 16.6 Å². The van der Waals surface area contributed by atoms with Crippen molar-refractivity contribution in [1.29, 1.82) is 0 Å². The molecule has 5 rings (SSSR count). The number of carbonyl (C=O) groups is 3. The predicted molar refractivity (Wildman–Crippen MR) is 144 cm³/mol. The Morgan fingerprint density at radius 2 is 1.77 bits per heavy atom. The molecule has 2 atom stereocenters. The number of benzene rings is 2. The summed E-state index contributed by atoms with van der Waals surface area (Å²) in [4.78, 5) is 36.6. The molecule has 2 N–H and O–H groups in total. The van der Waals surface area contributed by atoms with Crippen molar-refractivity contribution >= 4 is 27.5 Å². The van der Waals surface area contributed by atoms with Gasteiger partial charge in [0.05, 0.1) is 30.6 Å². The Morgan fingerprint density at radius 3 is 2.44 bits per heavy atom. The molecule has 2 aliphatic heterocycles. The largest absolute Gasteiger partial charge is 0.490 e. The smallest absolute Gasteiger partial charge is 0.242 e. The molecule has 39 heavy (non-hydrogen) atoms. The summed E-state index contributed by atoms with van der Waals surface area (Å²) in [6.45, 7) is 5.38. The first kappa shape index (κ1) is 28.5. The Hall–Kier alpha value is -3.54. The van der Waals surface area contributed by atoms with Crippen LogP contribution in [0.4, 0.5) is 0 Å². The Balaban J connectivity index is 0.000000193. The van der Waals surface area contributed by atoms with Gasteiger partial charge in [-0.25, -0.2) is 8.42 Å². The maximum atomic E-state index is 12.5. The van der Waals surface area contributed by atoms with Gasteiger partial charge in [0.25, 0.3) is 0 Å². The van der Waals surface area contributed by atoms with E-state index in [1.165, 1.54) is 12.1 Å². The first-order valence-electron chi connectivity index (χ1n) is 12.8. The van der Waals surface area contributed by atoms with E-state index < -0.39 is 16.1 Å². The van der Waals surface area contributed by atoms with Crippen LogP contribution in [0.1, 0.15) is 37.7 Å². The molecule has 1 amide bonds. The Bertz CT molecular complexity index is 1340. The number of nitrogens with one attached hydrogen (secondary N) is 2. The van der Waals surface area contributed by atoms with Crippen molar-refractivity contribution in [2.24, 2.45) is 0 Å². The van der Waals surface area contributed by atoms with Crippen molar-refractivity contribution in [1.82, 2.24) is 14.9 Å². The summed E-state index contributed by atoms with van der Waals surface area (Å²) in [5.41, 5.74) is 1.76. The number of nitrogens with zero attached hydrogens (tertiary/aromatic N) is 1. The molecule has 1 saturated heterocycles. The van der Waals surface area contributed by atoms with Gasteiger partial charge in [-0.2, -0.15) is 4.72 Å². The lowest BCUT2D eigenvalue weighted by molar-refractivity contribution is -0.124. The SMILES string of the molecule is C=C1CCC(NS(=O)(=O)c2ccc3c(c2)OCCCO3)C(=O)N1.CN(Cc1ccccc1)C1CC(=O)CC1=O. The molecule has 2 aromatic carbocycles. The van der Waals surface area contributed by atoms with Gasteiger partial charge in [0.1, 0.15) is 11.8 Å². The van der Waals surface area contributed by atoms with E-state index in [0.717, 1.165) is 12.0 Å². The Morgan fingerprint density at radius 1 is 1.05 bits per heavy atom. The highest BCUT2D eigenvalue weighted by molar-refractivity contribution is 7.89. The van der Waals surface area contributed by atoms with Crippen molar-refractivity contribution in [3.8, 4) is 11.5 Å². The first-order valence-corrected chi connectivity index (χ1v) is 14.3. The van der Waals surface area contributed by atoms with Gasteiger partial charge in [-0.3, -0.25) is 19.3 Å². The lowest BCUT2D eigenvalue weighted by Gasteiger charge is -2.24. The molecule has 0 aromatic heterocycles. The summed E-state index contributed by atoms with van der Waals surface area (Å²) in [7, 11) is -1.93. The fourth-order valence-electron chi connectivity index (χ4n) is 4.55.